The molecule has 20 heavy (non-hydrogen) atoms. The number of hydrogen-bond acceptors (Lipinski definition) is 5. The molecular formula is C15H19N3OS. The monoisotopic (exact) mass is 289 g/mol. The second-order valence-corrected chi connectivity index (χ2v) is 6.49. The van der Waals surface area contributed by atoms with Gasteiger partial charge in [-0.1, -0.05) is 0 Å². The third kappa shape index (κ3) is 2.55. The van der Waals surface area contributed by atoms with Crippen molar-refractivity contribution in [2.75, 3.05) is 13.2 Å². The molecule has 3 rings (SSSR count). The van der Waals surface area contributed by atoms with Crippen LogP contribution in [0.2, 0.25) is 0 Å². The highest BCUT2D eigenvalue weighted by molar-refractivity contribution is 7.18. The second kappa shape index (κ2) is 5.50. The van der Waals surface area contributed by atoms with Crippen LogP contribution in [-0.2, 0) is 0 Å². The van der Waals surface area contributed by atoms with E-state index >= 15 is 0 Å². The van der Waals surface area contributed by atoms with Crippen LogP contribution in [0.25, 0.3) is 10.3 Å². The van der Waals surface area contributed by atoms with E-state index in [4.69, 9.17) is 0 Å². The summed E-state index contributed by atoms with van der Waals surface area (Å²) >= 11 is 1.68. The highest BCUT2D eigenvalue weighted by Crippen LogP contribution is 2.27. The van der Waals surface area contributed by atoms with E-state index in [9.17, 15) is 5.11 Å². The van der Waals surface area contributed by atoms with Gasteiger partial charge in [0.2, 0.25) is 0 Å². The summed E-state index contributed by atoms with van der Waals surface area (Å²) in [5, 5.41) is 10.3. The van der Waals surface area contributed by atoms with E-state index < -0.39 is 0 Å². The van der Waals surface area contributed by atoms with Crippen molar-refractivity contribution in [3.63, 3.8) is 0 Å². The van der Waals surface area contributed by atoms with E-state index in [0.717, 1.165) is 46.0 Å². The Kier molecular flexibility index (Phi) is 3.72. The molecule has 1 unspecified atom stereocenters. The molecule has 0 aliphatic carbocycles. The molecule has 0 fully saturated rings. The minimum absolute atomic E-state index is 0.154. The Morgan fingerprint density at radius 2 is 2.25 bits per heavy atom. The van der Waals surface area contributed by atoms with Crippen molar-refractivity contribution >= 4 is 21.7 Å². The van der Waals surface area contributed by atoms with Gasteiger partial charge in [0.05, 0.1) is 28.1 Å². The van der Waals surface area contributed by atoms with Gasteiger partial charge >= 0.3 is 0 Å². The summed E-state index contributed by atoms with van der Waals surface area (Å²) in [7, 11) is 0. The van der Waals surface area contributed by atoms with Gasteiger partial charge in [0.1, 0.15) is 0 Å². The summed E-state index contributed by atoms with van der Waals surface area (Å²) in [5.74, 6) is 0. The van der Waals surface area contributed by atoms with Crippen LogP contribution >= 0.6 is 11.3 Å². The second-order valence-electron chi connectivity index (χ2n) is 5.25. The van der Waals surface area contributed by atoms with Crippen LogP contribution in [-0.4, -0.2) is 33.1 Å². The van der Waals surface area contributed by atoms with Crippen molar-refractivity contribution in [3.8, 4) is 0 Å². The minimum Gasteiger partial charge on any atom is -0.392 e. The van der Waals surface area contributed by atoms with E-state index in [1.165, 1.54) is 0 Å². The summed E-state index contributed by atoms with van der Waals surface area (Å²) in [4.78, 5) is 11.4. The maximum atomic E-state index is 9.29. The lowest BCUT2D eigenvalue weighted by Crippen LogP contribution is -2.27. The van der Waals surface area contributed by atoms with E-state index in [1.54, 1.807) is 11.3 Å². The average Bonchev–Trinajstić information content (AvgIpc) is 2.85. The lowest BCUT2D eigenvalue weighted by atomic mass is 10.1. The fourth-order valence-corrected chi connectivity index (χ4v) is 3.39. The van der Waals surface area contributed by atoms with Gasteiger partial charge in [-0.2, -0.15) is 0 Å². The minimum atomic E-state index is 0.154. The molecule has 0 spiro atoms. The fraction of sp³-hybridized carbons (Fsp3) is 0.467. The average molecular weight is 289 g/mol. The van der Waals surface area contributed by atoms with Crippen molar-refractivity contribution in [3.05, 3.63) is 34.6 Å². The lowest BCUT2D eigenvalue weighted by Gasteiger charge is -2.31. The number of fused-ring (bicyclic) bond motifs is 1. The number of aliphatic hydroxyl groups excluding tert-OH is 1. The standard InChI is InChI=1S/C15H19N3OS/c1-10(18-7-3-4-12(8-18)9-19)13-5-6-14-15(17-13)16-11(2)20-14/h5-6,8,10,19H,3-4,7,9H2,1-2H3. The van der Waals surface area contributed by atoms with Crippen molar-refractivity contribution in [2.24, 2.45) is 0 Å². The summed E-state index contributed by atoms with van der Waals surface area (Å²) in [5.41, 5.74) is 2.99. The number of nitrogens with zero attached hydrogens (tertiary/aromatic N) is 3. The molecule has 0 saturated heterocycles. The number of aromatic nitrogens is 2. The predicted molar refractivity (Wildman–Crippen MR) is 81.7 cm³/mol. The summed E-state index contributed by atoms with van der Waals surface area (Å²) in [6.45, 7) is 5.34. The molecule has 106 valence electrons. The lowest BCUT2D eigenvalue weighted by molar-refractivity contribution is 0.255. The van der Waals surface area contributed by atoms with E-state index in [0.29, 0.717) is 0 Å². The molecule has 2 aromatic rings. The highest BCUT2D eigenvalue weighted by Gasteiger charge is 2.18. The largest absolute Gasteiger partial charge is 0.392 e. The smallest absolute Gasteiger partial charge is 0.170 e. The molecule has 4 nitrogen and oxygen atoms in total. The Morgan fingerprint density at radius 3 is 3.05 bits per heavy atom. The number of rotatable bonds is 3. The quantitative estimate of drug-likeness (QED) is 0.943. The summed E-state index contributed by atoms with van der Waals surface area (Å²) in [6, 6.07) is 4.41. The molecule has 1 aliphatic rings. The van der Waals surface area contributed by atoms with E-state index in [2.05, 4.69) is 40.1 Å². The van der Waals surface area contributed by atoms with Crippen LogP contribution < -0.4 is 0 Å². The first-order valence-electron chi connectivity index (χ1n) is 6.97. The van der Waals surface area contributed by atoms with Crippen LogP contribution in [0.4, 0.5) is 0 Å². The van der Waals surface area contributed by atoms with E-state index in [1.807, 2.05) is 6.92 Å². The zero-order valence-corrected chi connectivity index (χ0v) is 12.7. The van der Waals surface area contributed by atoms with Crippen LogP contribution in [0.3, 0.4) is 0 Å². The summed E-state index contributed by atoms with van der Waals surface area (Å²) < 4.78 is 1.14. The Hall–Kier alpha value is -1.46. The molecule has 5 heteroatoms. The van der Waals surface area contributed by atoms with Gasteiger partial charge in [-0.05, 0) is 44.4 Å². The maximum absolute atomic E-state index is 9.29. The Balaban J connectivity index is 1.89. The zero-order chi connectivity index (χ0) is 14.1. The van der Waals surface area contributed by atoms with Crippen molar-refractivity contribution in [1.29, 1.82) is 0 Å². The zero-order valence-electron chi connectivity index (χ0n) is 11.8. The first-order valence-corrected chi connectivity index (χ1v) is 7.79. The topological polar surface area (TPSA) is 49.2 Å². The van der Waals surface area contributed by atoms with Crippen LogP contribution in [0.15, 0.2) is 23.9 Å². The third-order valence-corrected chi connectivity index (χ3v) is 4.70. The number of hydrogen-bond donors (Lipinski definition) is 1. The molecule has 0 saturated carbocycles. The van der Waals surface area contributed by atoms with Crippen molar-refractivity contribution in [1.82, 2.24) is 14.9 Å². The molecule has 0 bridgehead atoms. The SMILES string of the molecule is Cc1nc2nc(C(C)N3C=C(CO)CCC3)ccc2s1. The van der Waals surface area contributed by atoms with Gasteiger partial charge in [-0.3, -0.25) is 0 Å². The predicted octanol–water partition coefficient (Wildman–Crippen LogP) is 3.03. The maximum Gasteiger partial charge on any atom is 0.170 e. The van der Waals surface area contributed by atoms with Gasteiger partial charge in [0.15, 0.2) is 5.65 Å². The molecule has 0 radical (unpaired) electrons. The Bertz CT molecular complexity index is 650. The molecule has 1 atom stereocenters. The molecular weight excluding hydrogens is 270 g/mol. The number of pyridine rings is 1. The first kappa shape index (κ1) is 13.5. The number of thiazole rings is 1. The van der Waals surface area contributed by atoms with Gasteiger partial charge in [0, 0.05) is 12.7 Å². The van der Waals surface area contributed by atoms with Gasteiger partial charge in [-0.15, -0.1) is 11.3 Å². The molecule has 2 aromatic heterocycles. The van der Waals surface area contributed by atoms with Gasteiger partial charge in [-0.25, -0.2) is 9.97 Å². The first-order chi connectivity index (χ1) is 9.67. The molecule has 1 N–H and O–H groups in total. The van der Waals surface area contributed by atoms with Crippen LogP contribution in [0, 0.1) is 6.92 Å². The van der Waals surface area contributed by atoms with Crippen molar-refractivity contribution < 1.29 is 5.11 Å². The third-order valence-electron chi connectivity index (χ3n) is 3.77. The molecule has 0 amide bonds. The van der Waals surface area contributed by atoms with Crippen LogP contribution in [0.5, 0.6) is 0 Å². The van der Waals surface area contributed by atoms with E-state index in [-0.39, 0.29) is 12.6 Å². The molecule has 1 aliphatic heterocycles. The van der Waals surface area contributed by atoms with Gasteiger partial charge in [0.25, 0.3) is 0 Å². The number of aliphatic hydroxyl groups is 1. The molecule has 0 aromatic carbocycles. The van der Waals surface area contributed by atoms with Crippen LogP contribution in [0.1, 0.15) is 36.5 Å². The summed E-state index contributed by atoms with van der Waals surface area (Å²) in [6.07, 6.45) is 4.18. The molecule has 3 heterocycles. The Labute approximate surface area is 122 Å². The van der Waals surface area contributed by atoms with Gasteiger partial charge < -0.3 is 10.0 Å². The number of aryl methyl sites for hydroxylation is 1. The highest BCUT2D eigenvalue weighted by atomic mass is 32.1. The Morgan fingerprint density at radius 1 is 1.40 bits per heavy atom. The normalized spacial score (nSPS) is 17.4. The van der Waals surface area contributed by atoms with Crippen molar-refractivity contribution in [2.45, 2.75) is 32.7 Å². The fourth-order valence-electron chi connectivity index (χ4n) is 2.62.